The van der Waals surface area contributed by atoms with Crippen molar-refractivity contribution in [1.29, 1.82) is 0 Å². The Morgan fingerprint density at radius 2 is 1.88 bits per heavy atom. The van der Waals surface area contributed by atoms with Gasteiger partial charge in [0.2, 0.25) is 11.8 Å². The predicted molar refractivity (Wildman–Crippen MR) is 56.8 cm³/mol. The van der Waals surface area contributed by atoms with Crippen molar-refractivity contribution >= 4 is 6.16 Å². The summed E-state index contributed by atoms with van der Waals surface area (Å²) >= 11 is 0. The molecule has 96 valence electrons. The van der Waals surface area contributed by atoms with Crippen LogP contribution in [0.5, 0.6) is 11.8 Å². The second-order valence-corrected chi connectivity index (χ2v) is 3.98. The minimum absolute atomic E-state index is 0.186. The van der Waals surface area contributed by atoms with Crippen molar-refractivity contribution in [3.63, 3.8) is 0 Å². The molecule has 1 aromatic rings. The zero-order valence-corrected chi connectivity index (χ0v) is 9.84. The average Bonchev–Trinajstić information content (AvgIpc) is 2.48. The summed E-state index contributed by atoms with van der Waals surface area (Å²) in [5.41, 5.74) is -0.871. The highest BCUT2D eigenvalue weighted by molar-refractivity contribution is 5.61. The molecule has 7 heteroatoms. The molecule has 17 heavy (non-hydrogen) atoms. The third kappa shape index (κ3) is 3.56. The lowest BCUT2D eigenvalue weighted by molar-refractivity contribution is -0.0569. The van der Waals surface area contributed by atoms with E-state index in [4.69, 9.17) is 9.47 Å². The lowest BCUT2D eigenvalue weighted by atomic mass is 10.1. The molecular formula is C10H15NO6. The Hall–Kier alpha value is -1.89. The van der Waals surface area contributed by atoms with Gasteiger partial charge in [0, 0.05) is 19.2 Å². The third-order valence-corrected chi connectivity index (χ3v) is 1.82. The number of carbonyl (C=O) groups excluding carboxylic acids is 1. The molecule has 1 rings (SSSR count). The number of hydrogen-bond acceptors (Lipinski definition) is 6. The number of carbonyl (C=O) groups is 1. The van der Waals surface area contributed by atoms with Crippen LogP contribution in [0.1, 0.15) is 13.8 Å². The van der Waals surface area contributed by atoms with Crippen LogP contribution in [-0.4, -0.2) is 40.4 Å². The van der Waals surface area contributed by atoms with E-state index < -0.39 is 23.5 Å². The minimum Gasteiger partial charge on any atom is -0.492 e. The van der Waals surface area contributed by atoms with Gasteiger partial charge in [-0.15, -0.1) is 4.73 Å². The number of methoxy groups -OCH3 is 1. The lowest BCUT2D eigenvalue weighted by Crippen LogP contribution is -2.35. The Bertz CT molecular complexity index is 378. The van der Waals surface area contributed by atoms with E-state index in [1.807, 2.05) is 0 Å². The van der Waals surface area contributed by atoms with Crippen LogP contribution in [0.4, 0.5) is 4.79 Å². The van der Waals surface area contributed by atoms with E-state index in [0.29, 0.717) is 4.73 Å². The molecule has 0 aliphatic heterocycles. The van der Waals surface area contributed by atoms with Gasteiger partial charge in [0.25, 0.3) is 0 Å². The molecule has 2 N–H and O–H groups in total. The average molecular weight is 245 g/mol. The molecule has 0 saturated carbocycles. The van der Waals surface area contributed by atoms with E-state index in [0.717, 1.165) is 0 Å². The van der Waals surface area contributed by atoms with Gasteiger partial charge in [-0.3, -0.25) is 4.84 Å². The largest absolute Gasteiger partial charge is 0.534 e. The first kappa shape index (κ1) is 13.2. The fraction of sp³-hybridized carbons (Fsp3) is 0.500. The second kappa shape index (κ2) is 4.96. The van der Waals surface area contributed by atoms with Crippen LogP contribution in [0.15, 0.2) is 12.1 Å². The van der Waals surface area contributed by atoms with E-state index in [2.05, 4.69) is 4.84 Å². The standard InChI is InChI=1S/C10H15NO6/c1-10(2,6-15-3)16-9(14)17-11-7(12)4-5-8(11)13/h4-5,12-13H,6H2,1-3H3. The van der Waals surface area contributed by atoms with Crippen LogP contribution in [0.25, 0.3) is 0 Å². The van der Waals surface area contributed by atoms with Gasteiger partial charge < -0.3 is 19.7 Å². The number of nitrogens with zero attached hydrogens (tertiary/aromatic N) is 1. The summed E-state index contributed by atoms with van der Waals surface area (Å²) < 4.78 is 10.3. The van der Waals surface area contributed by atoms with Gasteiger partial charge in [-0.25, -0.2) is 4.79 Å². The van der Waals surface area contributed by atoms with Gasteiger partial charge in [-0.2, -0.15) is 0 Å². The van der Waals surface area contributed by atoms with Crippen molar-refractivity contribution in [2.45, 2.75) is 19.4 Å². The maximum atomic E-state index is 11.4. The van der Waals surface area contributed by atoms with Crippen molar-refractivity contribution < 1.29 is 29.3 Å². The van der Waals surface area contributed by atoms with Crippen LogP contribution in [0, 0.1) is 0 Å². The first-order valence-corrected chi connectivity index (χ1v) is 4.85. The highest BCUT2D eigenvalue weighted by atomic mass is 16.8. The molecule has 0 aromatic carbocycles. The summed E-state index contributed by atoms with van der Waals surface area (Å²) in [5.74, 6) is -0.826. The van der Waals surface area contributed by atoms with Crippen molar-refractivity contribution in [2.75, 3.05) is 13.7 Å². The van der Waals surface area contributed by atoms with Crippen molar-refractivity contribution in [1.82, 2.24) is 4.73 Å². The molecule has 0 aliphatic rings. The Morgan fingerprint density at radius 1 is 1.35 bits per heavy atom. The molecule has 0 spiro atoms. The van der Waals surface area contributed by atoms with E-state index in [9.17, 15) is 15.0 Å². The van der Waals surface area contributed by atoms with Crippen molar-refractivity contribution in [3.8, 4) is 11.8 Å². The molecule has 0 bridgehead atoms. The fourth-order valence-electron chi connectivity index (χ4n) is 1.19. The smallest absolute Gasteiger partial charge is 0.492 e. The molecule has 0 amide bonds. The first-order chi connectivity index (χ1) is 7.85. The number of aromatic nitrogens is 1. The van der Waals surface area contributed by atoms with Gasteiger partial charge in [0.05, 0.1) is 6.61 Å². The molecule has 0 atom stereocenters. The number of rotatable bonds is 4. The zero-order chi connectivity index (χ0) is 13.1. The Kier molecular flexibility index (Phi) is 3.84. The molecule has 0 radical (unpaired) electrons. The summed E-state index contributed by atoms with van der Waals surface area (Å²) in [5, 5.41) is 18.5. The Labute approximate surface area is 98.1 Å². The molecule has 1 aromatic heterocycles. The fourth-order valence-corrected chi connectivity index (χ4v) is 1.19. The summed E-state index contributed by atoms with van der Waals surface area (Å²) in [7, 11) is 1.47. The molecule has 0 saturated heterocycles. The molecular weight excluding hydrogens is 230 g/mol. The van der Waals surface area contributed by atoms with Gasteiger partial charge in [-0.05, 0) is 13.8 Å². The SMILES string of the molecule is COCC(C)(C)OC(=O)On1c(O)ccc1O. The first-order valence-electron chi connectivity index (χ1n) is 4.85. The summed E-state index contributed by atoms with van der Waals surface area (Å²) in [6.07, 6.45) is -1.06. The normalized spacial score (nSPS) is 11.2. The lowest BCUT2D eigenvalue weighted by Gasteiger charge is -2.23. The van der Waals surface area contributed by atoms with E-state index >= 15 is 0 Å². The zero-order valence-electron chi connectivity index (χ0n) is 9.84. The van der Waals surface area contributed by atoms with Crippen LogP contribution in [0.2, 0.25) is 0 Å². The van der Waals surface area contributed by atoms with Crippen LogP contribution < -0.4 is 4.84 Å². The molecule has 0 unspecified atom stereocenters. The van der Waals surface area contributed by atoms with E-state index in [-0.39, 0.29) is 6.61 Å². The number of hydrogen-bond donors (Lipinski definition) is 2. The van der Waals surface area contributed by atoms with Gasteiger partial charge in [0.15, 0.2) is 0 Å². The monoisotopic (exact) mass is 245 g/mol. The van der Waals surface area contributed by atoms with E-state index in [1.165, 1.54) is 19.2 Å². The van der Waals surface area contributed by atoms with Gasteiger partial charge >= 0.3 is 6.16 Å². The summed E-state index contributed by atoms with van der Waals surface area (Å²) in [4.78, 5) is 16.0. The Balaban J connectivity index is 2.62. The van der Waals surface area contributed by atoms with Crippen molar-refractivity contribution in [2.24, 2.45) is 0 Å². The highest BCUT2D eigenvalue weighted by Crippen LogP contribution is 2.19. The second-order valence-electron chi connectivity index (χ2n) is 3.98. The topological polar surface area (TPSA) is 90.2 Å². The van der Waals surface area contributed by atoms with Crippen LogP contribution in [0.3, 0.4) is 0 Å². The molecule has 0 fully saturated rings. The summed E-state index contributed by atoms with van der Waals surface area (Å²) in [6.45, 7) is 3.45. The van der Waals surface area contributed by atoms with Crippen molar-refractivity contribution in [3.05, 3.63) is 12.1 Å². The van der Waals surface area contributed by atoms with Crippen LogP contribution >= 0.6 is 0 Å². The molecule has 1 heterocycles. The quantitative estimate of drug-likeness (QED) is 0.765. The predicted octanol–water partition coefficient (Wildman–Crippen LogP) is 0.889. The number of ether oxygens (including phenoxy) is 2. The maximum absolute atomic E-state index is 11.4. The minimum atomic E-state index is -1.06. The van der Waals surface area contributed by atoms with Gasteiger partial charge in [-0.1, -0.05) is 0 Å². The maximum Gasteiger partial charge on any atom is 0.534 e. The Morgan fingerprint density at radius 3 is 2.35 bits per heavy atom. The van der Waals surface area contributed by atoms with E-state index in [1.54, 1.807) is 13.8 Å². The summed E-state index contributed by atoms with van der Waals surface area (Å²) in [6, 6.07) is 2.34. The highest BCUT2D eigenvalue weighted by Gasteiger charge is 2.25. The number of aromatic hydroxyl groups is 2. The van der Waals surface area contributed by atoms with Crippen LogP contribution in [-0.2, 0) is 9.47 Å². The third-order valence-electron chi connectivity index (χ3n) is 1.82. The molecule has 0 aliphatic carbocycles. The molecule has 7 nitrogen and oxygen atoms in total. The van der Waals surface area contributed by atoms with Gasteiger partial charge in [0.1, 0.15) is 5.60 Å².